The molecular weight excluding hydrogens is 304 g/mol. The summed E-state index contributed by atoms with van der Waals surface area (Å²) in [5.41, 5.74) is 0. The van der Waals surface area contributed by atoms with E-state index in [1.54, 1.807) is 17.1 Å². The van der Waals surface area contributed by atoms with Crippen molar-refractivity contribution >= 4 is 40.6 Å². The smallest absolute Gasteiger partial charge is 0.251 e. The minimum Gasteiger partial charge on any atom is -0.363 e. The zero-order valence-corrected chi connectivity index (χ0v) is 13.7. The standard InChI is InChI=1S/C14H22N4OS2/c1-3-8-15-13(20)16-9-6-5-7-11-12(19)18(10-4-2)14(21)17-11/h3-4,11H,1-2,5-10H2,(H,17,21)(H2,15,16,20)/t11-/m1/s1. The summed E-state index contributed by atoms with van der Waals surface area (Å²) in [6.07, 6.45) is 6.06. The molecular formula is C14H22N4OS2. The Bertz CT molecular complexity index is 425. The summed E-state index contributed by atoms with van der Waals surface area (Å²) in [6.45, 7) is 9.14. The van der Waals surface area contributed by atoms with Gasteiger partial charge in [0.2, 0.25) is 0 Å². The quantitative estimate of drug-likeness (QED) is 0.335. The minimum atomic E-state index is -0.205. The third kappa shape index (κ3) is 5.81. The molecule has 1 fully saturated rings. The van der Waals surface area contributed by atoms with Crippen molar-refractivity contribution in [2.75, 3.05) is 19.6 Å². The van der Waals surface area contributed by atoms with Crippen molar-refractivity contribution in [3.8, 4) is 0 Å². The van der Waals surface area contributed by atoms with Crippen LogP contribution < -0.4 is 16.0 Å². The van der Waals surface area contributed by atoms with E-state index in [4.69, 9.17) is 24.4 Å². The molecule has 7 heteroatoms. The van der Waals surface area contributed by atoms with Crippen LogP contribution in [-0.2, 0) is 4.79 Å². The van der Waals surface area contributed by atoms with Gasteiger partial charge in [-0.15, -0.1) is 13.2 Å². The summed E-state index contributed by atoms with van der Waals surface area (Å²) in [6, 6.07) is -0.205. The van der Waals surface area contributed by atoms with Crippen LogP contribution in [0.2, 0.25) is 0 Å². The lowest BCUT2D eigenvalue weighted by atomic mass is 10.1. The summed E-state index contributed by atoms with van der Waals surface area (Å²) in [7, 11) is 0. The van der Waals surface area contributed by atoms with Gasteiger partial charge in [0.15, 0.2) is 10.2 Å². The van der Waals surface area contributed by atoms with Crippen LogP contribution >= 0.6 is 24.4 Å². The van der Waals surface area contributed by atoms with Gasteiger partial charge in [0.05, 0.1) is 0 Å². The number of rotatable bonds is 9. The van der Waals surface area contributed by atoms with E-state index < -0.39 is 0 Å². The van der Waals surface area contributed by atoms with Gasteiger partial charge in [-0.25, -0.2) is 0 Å². The van der Waals surface area contributed by atoms with Gasteiger partial charge < -0.3 is 16.0 Å². The SMILES string of the molecule is C=CCNC(=S)NCCCC[C@H]1NC(=S)N(CC=C)C1=O. The highest BCUT2D eigenvalue weighted by Crippen LogP contribution is 2.12. The Morgan fingerprint density at radius 3 is 2.76 bits per heavy atom. The number of unbranched alkanes of at least 4 members (excludes halogenated alkanes) is 1. The molecule has 0 aromatic rings. The summed E-state index contributed by atoms with van der Waals surface area (Å²) in [4.78, 5) is 13.6. The number of amides is 1. The molecule has 0 aliphatic carbocycles. The van der Waals surface area contributed by atoms with Crippen molar-refractivity contribution in [1.29, 1.82) is 0 Å². The molecule has 1 rings (SSSR count). The van der Waals surface area contributed by atoms with Crippen LogP contribution in [0, 0.1) is 0 Å². The second-order valence-electron chi connectivity index (χ2n) is 4.66. The Labute approximate surface area is 136 Å². The number of carbonyl (C=O) groups is 1. The Kier molecular flexibility index (Phi) is 7.92. The number of nitrogens with one attached hydrogen (secondary N) is 3. The predicted octanol–water partition coefficient (Wildman–Crippen LogP) is 1.08. The predicted molar refractivity (Wildman–Crippen MR) is 94.1 cm³/mol. The normalized spacial score (nSPS) is 17.3. The summed E-state index contributed by atoms with van der Waals surface area (Å²) in [5.74, 6) is 0.0380. The number of hydrogen-bond acceptors (Lipinski definition) is 3. The first-order chi connectivity index (χ1) is 10.1. The van der Waals surface area contributed by atoms with Gasteiger partial charge in [-0.3, -0.25) is 9.69 Å². The molecule has 1 atom stereocenters. The molecule has 0 aromatic heterocycles. The van der Waals surface area contributed by atoms with E-state index in [1.807, 2.05) is 0 Å². The van der Waals surface area contributed by atoms with Gasteiger partial charge in [-0.2, -0.15) is 0 Å². The van der Waals surface area contributed by atoms with Crippen molar-refractivity contribution in [3.05, 3.63) is 25.3 Å². The monoisotopic (exact) mass is 326 g/mol. The van der Waals surface area contributed by atoms with Crippen molar-refractivity contribution in [2.24, 2.45) is 0 Å². The van der Waals surface area contributed by atoms with Crippen LogP contribution in [0.3, 0.4) is 0 Å². The van der Waals surface area contributed by atoms with Gasteiger partial charge in [0.1, 0.15) is 6.04 Å². The number of nitrogens with zero attached hydrogens (tertiary/aromatic N) is 1. The second-order valence-corrected chi connectivity index (χ2v) is 5.46. The highest BCUT2D eigenvalue weighted by atomic mass is 32.1. The van der Waals surface area contributed by atoms with Gasteiger partial charge in [0.25, 0.3) is 5.91 Å². The molecule has 1 aliphatic heterocycles. The number of carbonyl (C=O) groups excluding carboxylic acids is 1. The topological polar surface area (TPSA) is 56.4 Å². The molecule has 1 amide bonds. The maximum Gasteiger partial charge on any atom is 0.251 e. The second kappa shape index (κ2) is 9.46. The molecule has 1 saturated heterocycles. The molecule has 0 aromatic carbocycles. The minimum absolute atomic E-state index is 0.0380. The van der Waals surface area contributed by atoms with Crippen molar-refractivity contribution in [3.63, 3.8) is 0 Å². The zero-order chi connectivity index (χ0) is 15.7. The van der Waals surface area contributed by atoms with Crippen molar-refractivity contribution in [2.45, 2.75) is 25.3 Å². The molecule has 1 aliphatic rings. The van der Waals surface area contributed by atoms with Crippen molar-refractivity contribution < 1.29 is 4.79 Å². The Morgan fingerprint density at radius 2 is 2.10 bits per heavy atom. The third-order valence-electron chi connectivity index (χ3n) is 3.03. The van der Waals surface area contributed by atoms with Gasteiger partial charge in [0, 0.05) is 19.6 Å². The first-order valence-electron chi connectivity index (χ1n) is 6.95. The highest BCUT2D eigenvalue weighted by Gasteiger charge is 2.33. The first kappa shape index (κ1) is 17.6. The first-order valence-corrected chi connectivity index (χ1v) is 7.77. The lowest BCUT2D eigenvalue weighted by molar-refractivity contribution is -0.126. The molecule has 1 heterocycles. The lowest BCUT2D eigenvalue weighted by Crippen LogP contribution is -2.36. The summed E-state index contributed by atoms with van der Waals surface area (Å²) >= 11 is 10.2. The maximum absolute atomic E-state index is 12.1. The van der Waals surface area contributed by atoms with Gasteiger partial charge in [-0.1, -0.05) is 12.2 Å². The third-order valence-corrected chi connectivity index (χ3v) is 3.66. The lowest BCUT2D eigenvalue weighted by Gasteiger charge is -2.12. The molecule has 0 saturated carbocycles. The maximum atomic E-state index is 12.1. The Hall–Kier alpha value is -1.47. The molecule has 3 N–H and O–H groups in total. The summed E-state index contributed by atoms with van der Waals surface area (Å²) < 4.78 is 0. The van der Waals surface area contributed by atoms with E-state index >= 15 is 0 Å². The van der Waals surface area contributed by atoms with Crippen LogP contribution in [0.1, 0.15) is 19.3 Å². The van der Waals surface area contributed by atoms with Gasteiger partial charge in [-0.05, 0) is 43.7 Å². The molecule has 21 heavy (non-hydrogen) atoms. The van der Waals surface area contributed by atoms with E-state index in [0.717, 1.165) is 25.8 Å². The van der Waals surface area contributed by atoms with Crippen molar-refractivity contribution in [1.82, 2.24) is 20.9 Å². The van der Waals surface area contributed by atoms with E-state index in [1.165, 1.54) is 0 Å². The molecule has 5 nitrogen and oxygen atoms in total. The largest absolute Gasteiger partial charge is 0.363 e. The Morgan fingerprint density at radius 1 is 1.33 bits per heavy atom. The molecule has 0 unspecified atom stereocenters. The van der Waals surface area contributed by atoms with E-state index in [-0.39, 0.29) is 11.9 Å². The van der Waals surface area contributed by atoms with Crippen LogP contribution in [0.5, 0.6) is 0 Å². The molecule has 0 radical (unpaired) electrons. The zero-order valence-electron chi connectivity index (χ0n) is 12.1. The molecule has 0 bridgehead atoms. The van der Waals surface area contributed by atoms with Crippen LogP contribution in [-0.4, -0.2) is 46.7 Å². The Balaban J connectivity index is 2.17. The highest BCUT2D eigenvalue weighted by molar-refractivity contribution is 7.80. The fourth-order valence-corrected chi connectivity index (χ4v) is 2.47. The van der Waals surface area contributed by atoms with Crippen LogP contribution in [0.4, 0.5) is 0 Å². The fraction of sp³-hybridized carbons (Fsp3) is 0.500. The van der Waals surface area contributed by atoms with E-state index in [0.29, 0.717) is 23.3 Å². The van der Waals surface area contributed by atoms with E-state index in [9.17, 15) is 4.79 Å². The van der Waals surface area contributed by atoms with Crippen LogP contribution in [0.15, 0.2) is 25.3 Å². The van der Waals surface area contributed by atoms with Gasteiger partial charge >= 0.3 is 0 Å². The molecule has 0 spiro atoms. The average Bonchev–Trinajstić information content (AvgIpc) is 2.73. The number of thiocarbonyl (C=S) groups is 2. The fourth-order valence-electron chi connectivity index (χ4n) is 1.98. The molecule has 116 valence electrons. The number of hydrogen-bond donors (Lipinski definition) is 3. The van der Waals surface area contributed by atoms with E-state index in [2.05, 4.69) is 29.1 Å². The average molecular weight is 326 g/mol. The summed E-state index contributed by atoms with van der Waals surface area (Å²) in [5, 5.41) is 10.3. The van der Waals surface area contributed by atoms with Crippen LogP contribution in [0.25, 0.3) is 0 Å².